The lowest BCUT2D eigenvalue weighted by Crippen LogP contribution is -2.29. The fraction of sp³-hybridized carbons (Fsp3) is 0.368. The Bertz CT molecular complexity index is 1730. The number of ether oxygens (including phenoxy) is 3. The second kappa shape index (κ2) is 17.9. The van der Waals surface area contributed by atoms with Crippen LogP contribution in [0.2, 0.25) is 0 Å². The number of carbonyl (C=O) groups is 2. The monoisotopic (exact) mass is 701 g/mol. The predicted molar refractivity (Wildman–Crippen MR) is 195 cm³/mol. The van der Waals surface area contributed by atoms with E-state index in [2.05, 4.69) is 24.0 Å². The number of hydrogen-bond donors (Lipinski definition) is 1. The standard InChI is InChI=1S/C38H43N3O6S2/c1-4-6-8-9-13-23-47-30-21-18-28(24-31(30)45-3)33-32(34(42)27-16-19-29(20-17-27)46-22-7-5-2)35(43)36(44)41(33)37-39-40-38(49-37)48-25-26-14-11-10-12-15-26/h10-12,14-21,24,33,42H,4-9,13,22-23,25H2,1-3H3. The molecular formula is C38H43N3O6S2. The molecule has 2 heterocycles. The molecule has 0 aliphatic carbocycles. The number of unbranched alkanes of at least 4 members (excludes halogenated alkanes) is 5. The lowest BCUT2D eigenvalue weighted by atomic mass is 9.95. The molecule has 9 nitrogen and oxygen atoms in total. The van der Waals surface area contributed by atoms with Crippen LogP contribution in [0.15, 0.2) is 82.7 Å². The summed E-state index contributed by atoms with van der Waals surface area (Å²) >= 11 is 2.72. The maximum atomic E-state index is 13.8. The van der Waals surface area contributed by atoms with Crippen molar-refractivity contribution in [1.29, 1.82) is 0 Å². The molecule has 1 amide bonds. The number of rotatable bonds is 18. The molecule has 1 N–H and O–H groups in total. The van der Waals surface area contributed by atoms with Crippen molar-refractivity contribution in [3.05, 3.63) is 95.1 Å². The highest BCUT2D eigenvalue weighted by Crippen LogP contribution is 2.45. The van der Waals surface area contributed by atoms with Crippen molar-refractivity contribution in [2.75, 3.05) is 25.2 Å². The van der Waals surface area contributed by atoms with Gasteiger partial charge in [-0.15, -0.1) is 10.2 Å². The van der Waals surface area contributed by atoms with E-state index < -0.39 is 17.7 Å². The van der Waals surface area contributed by atoms with Gasteiger partial charge in [-0.3, -0.25) is 14.5 Å². The zero-order chi connectivity index (χ0) is 34.6. The molecule has 0 bridgehead atoms. The van der Waals surface area contributed by atoms with Gasteiger partial charge in [-0.2, -0.15) is 0 Å². The van der Waals surface area contributed by atoms with Crippen molar-refractivity contribution in [2.24, 2.45) is 0 Å². The van der Waals surface area contributed by atoms with Crippen molar-refractivity contribution < 1.29 is 28.9 Å². The Kier molecular flexibility index (Phi) is 13.1. The van der Waals surface area contributed by atoms with Gasteiger partial charge in [-0.25, -0.2) is 0 Å². The molecule has 49 heavy (non-hydrogen) atoms. The van der Waals surface area contributed by atoms with E-state index >= 15 is 0 Å². The third-order valence-electron chi connectivity index (χ3n) is 8.15. The molecule has 1 aromatic heterocycles. The molecule has 11 heteroatoms. The first-order valence-corrected chi connectivity index (χ1v) is 18.6. The average molecular weight is 702 g/mol. The fourth-order valence-electron chi connectivity index (χ4n) is 5.48. The third-order valence-corrected chi connectivity index (χ3v) is 10.3. The molecule has 1 fully saturated rings. The first-order valence-electron chi connectivity index (χ1n) is 16.8. The molecule has 0 radical (unpaired) electrons. The van der Waals surface area contributed by atoms with Crippen LogP contribution in [-0.2, 0) is 15.3 Å². The fourth-order valence-corrected chi connectivity index (χ4v) is 7.31. The van der Waals surface area contributed by atoms with Crippen LogP contribution in [-0.4, -0.2) is 47.3 Å². The zero-order valence-corrected chi connectivity index (χ0v) is 29.9. The first-order chi connectivity index (χ1) is 23.9. The third kappa shape index (κ3) is 9.01. The van der Waals surface area contributed by atoms with E-state index in [1.165, 1.54) is 47.3 Å². The van der Waals surface area contributed by atoms with Crippen molar-refractivity contribution >= 4 is 45.7 Å². The van der Waals surface area contributed by atoms with E-state index in [-0.39, 0.29) is 16.5 Å². The van der Waals surface area contributed by atoms with Crippen molar-refractivity contribution in [1.82, 2.24) is 10.2 Å². The van der Waals surface area contributed by atoms with Gasteiger partial charge in [0.2, 0.25) is 5.13 Å². The molecule has 1 unspecified atom stereocenters. The highest BCUT2D eigenvalue weighted by Gasteiger charge is 2.48. The van der Waals surface area contributed by atoms with Gasteiger partial charge in [-0.1, -0.05) is 105 Å². The van der Waals surface area contributed by atoms with E-state index in [9.17, 15) is 14.7 Å². The topological polar surface area (TPSA) is 111 Å². The average Bonchev–Trinajstić information content (AvgIpc) is 3.70. The maximum absolute atomic E-state index is 13.8. The number of amides is 1. The first kappa shape index (κ1) is 35.9. The molecule has 3 aromatic carbocycles. The number of ketones is 1. The molecule has 0 spiro atoms. The number of aliphatic hydroxyl groups is 1. The van der Waals surface area contributed by atoms with Crippen LogP contribution in [0.25, 0.3) is 5.76 Å². The summed E-state index contributed by atoms with van der Waals surface area (Å²) in [6.07, 6.45) is 7.50. The number of hydrogen-bond acceptors (Lipinski definition) is 10. The van der Waals surface area contributed by atoms with Crippen molar-refractivity contribution in [3.63, 3.8) is 0 Å². The van der Waals surface area contributed by atoms with Gasteiger partial charge in [0, 0.05) is 11.3 Å². The molecule has 258 valence electrons. The Hall–Kier alpha value is -4.35. The smallest absolute Gasteiger partial charge is 0.301 e. The Balaban J connectivity index is 1.48. The normalized spacial score (nSPS) is 15.5. The summed E-state index contributed by atoms with van der Waals surface area (Å²) in [5, 5.41) is 20.6. The highest BCUT2D eigenvalue weighted by molar-refractivity contribution is 8.00. The van der Waals surface area contributed by atoms with Crippen molar-refractivity contribution in [3.8, 4) is 17.2 Å². The van der Waals surface area contributed by atoms with E-state index in [0.717, 1.165) is 31.2 Å². The molecule has 0 saturated carbocycles. The number of thioether (sulfide) groups is 1. The van der Waals surface area contributed by atoms with Crippen LogP contribution in [0.4, 0.5) is 5.13 Å². The summed E-state index contributed by atoms with van der Waals surface area (Å²) in [5.41, 5.74) is 2.02. The van der Waals surface area contributed by atoms with E-state index in [4.69, 9.17) is 14.2 Å². The molecule has 1 saturated heterocycles. The number of benzene rings is 3. The van der Waals surface area contributed by atoms with E-state index in [0.29, 0.717) is 51.7 Å². The highest BCUT2D eigenvalue weighted by atomic mass is 32.2. The largest absolute Gasteiger partial charge is 0.507 e. The summed E-state index contributed by atoms with van der Waals surface area (Å²) in [6.45, 7) is 5.41. The molecule has 1 atom stereocenters. The quantitative estimate of drug-likeness (QED) is 0.0271. The van der Waals surface area contributed by atoms with Gasteiger partial charge in [0.05, 0.1) is 31.9 Å². The van der Waals surface area contributed by atoms with Gasteiger partial charge >= 0.3 is 5.91 Å². The minimum atomic E-state index is -0.989. The number of anilines is 1. The number of nitrogens with zero attached hydrogens (tertiary/aromatic N) is 3. The van der Waals surface area contributed by atoms with Crippen molar-refractivity contribution in [2.45, 2.75) is 74.9 Å². The van der Waals surface area contributed by atoms with E-state index in [1.807, 2.05) is 30.3 Å². The van der Waals surface area contributed by atoms with Gasteiger partial charge in [0.1, 0.15) is 11.5 Å². The van der Waals surface area contributed by atoms with Crippen LogP contribution in [0.5, 0.6) is 17.2 Å². The van der Waals surface area contributed by atoms with Gasteiger partial charge in [0.25, 0.3) is 5.78 Å². The Morgan fingerprint density at radius 1 is 0.857 bits per heavy atom. The number of aromatic nitrogens is 2. The van der Waals surface area contributed by atoms with Gasteiger partial charge < -0.3 is 19.3 Å². The summed E-state index contributed by atoms with van der Waals surface area (Å²) in [6, 6.07) is 21.2. The molecule has 4 aromatic rings. The lowest BCUT2D eigenvalue weighted by Gasteiger charge is -2.23. The second-order valence-corrected chi connectivity index (χ2v) is 13.9. The molecule has 5 rings (SSSR count). The number of methoxy groups -OCH3 is 1. The number of Topliss-reactive ketones (excluding diaryl/α,β-unsaturated/α-hetero) is 1. The Morgan fingerprint density at radius 3 is 2.33 bits per heavy atom. The van der Waals surface area contributed by atoms with Crippen LogP contribution in [0.3, 0.4) is 0 Å². The molecule has 1 aliphatic heterocycles. The summed E-state index contributed by atoms with van der Waals surface area (Å²) < 4.78 is 18.2. The maximum Gasteiger partial charge on any atom is 0.301 e. The van der Waals surface area contributed by atoms with Crippen LogP contribution in [0.1, 0.15) is 81.5 Å². The summed E-state index contributed by atoms with van der Waals surface area (Å²) in [5.74, 6) is 0.448. The number of aliphatic hydroxyl groups excluding tert-OH is 1. The SMILES string of the molecule is CCCCCCCOc1ccc(C2C(=C(O)c3ccc(OCCCC)cc3)C(=O)C(=O)N2c2nnc(SCc3ccccc3)s2)cc1OC. The van der Waals surface area contributed by atoms with E-state index in [1.54, 1.807) is 49.6 Å². The van der Waals surface area contributed by atoms with Crippen LogP contribution < -0.4 is 19.1 Å². The predicted octanol–water partition coefficient (Wildman–Crippen LogP) is 8.99. The molecular weight excluding hydrogens is 659 g/mol. The van der Waals surface area contributed by atoms with Crippen LogP contribution >= 0.6 is 23.1 Å². The zero-order valence-electron chi connectivity index (χ0n) is 28.2. The minimum Gasteiger partial charge on any atom is -0.507 e. The second-order valence-electron chi connectivity index (χ2n) is 11.7. The summed E-state index contributed by atoms with van der Waals surface area (Å²) in [7, 11) is 1.55. The lowest BCUT2D eigenvalue weighted by molar-refractivity contribution is -0.132. The Labute approximate surface area is 296 Å². The van der Waals surface area contributed by atoms with Gasteiger partial charge in [0.15, 0.2) is 15.8 Å². The summed E-state index contributed by atoms with van der Waals surface area (Å²) in [4.78, 5) is 28.9. The minimum absolute atomic E-state index is 0.0509. The van der Waals surface area contributed by atoms with Gasteiger partial charge in [-0.05, 0) is 60.4 Å². The van der Waals surface area contributed by atoms with Crippen LogP contribution in [0, 0.1) is 0 Å². The number of carbonyl (C=O) groups excluding carboxylic acids is 2. The molecule has 1 aliphatic rings. The Morgan fingerprint density at radius 2 is 1.59 bits per heavy atom.